The first-order valence-corrected chi connectivity index (χ1v) is 15.2. The van der Waals surface area contributed by atoms with E-state index in [0.717, 1.165) is 22.6 Å². The summed E-state index contributed by atoms with van der Waals surface area (Å²) in [6.07, 6.45) is 1.86. The van der Waals surface area contributed by atoms with Gasteiger partial charge in [0, 0.05) is 17.1 Å². The molecule has 0 saturated carbocycles. The number of hydrogen-bond donors (Lipinski definition) is 0. The number of ether oxygens (including phenoxy) is 3. The maximum atomic E-state index is 14.2. The van der Waals surface area contributed by atoms with Crippen molar-refractivity contribution in [1.29, 1.82) is 0 Å². The molecule has 0 bridgehead atoms. The van der Waals surface area contributed by atoms with Gasteiger partial charge in [-0.1, -0.05) is 29.5 Å². The first-order valence-electron chi connectivity index (χ1n) is 14.3. The number of allylic oxidation sites excluding steroid dienone is 1. The molecule has 1 aliphatic rings. The van der Waals surface area contributed by atoms with Crippen molar-refractivity contribution in [3.63, 3.8) is 0 Å². The van der Waals surface area contributed by atoms with Gasteiger partial charge < -0.3 is 18.8 Å². The van der Waals surface area contributed by atoms with Gasteiger partial charge in [-0.2, -0.15) is 0 Å². The molecule has 0 amide bonds. The molecule has 224 valence electrons. The second-order valence-electron chi connectivity index (χ2n) is 10.9. The Morgan fingerprint density at radius 1 is 1.07 bits per heavy atom. The van der Waals surface area contributed by atoms with Crippen LogP contribution in [0.25, 0.3) is 11.8 Å². The third-order valence-corrected chi connectivity index (χ3v) is 8.38. The van der Waals surface area contributed by atoms with E-state index in [1.165, 1.54) is 16.9 Å². The molecular formula is C34H37N3O5S. The lowest BCUT2D eigenvalue weighted by Gasteiger charge is -2.25. The van der Waals surface area contributed by atoms with E-state index in [-0.39, 0.29) is 18.3 Å². The summed E-state index contributed by atoms with van der Waals surface area (Å²) in [6.45, 7) is 13.8. The van der Waals surface area contributed by atoms with E-state index in [9.17, 15) is 9.59 Å². The highest BCUT2D eigenvalue weighted by Crippen LogP contribution is 2.36. The number of rotatable bonds is 8. The zero-order valence-corrected chi connectivity index (χ0v) is 26.7. The number of thiazole rings is 1. The van der Waals surface area contributed by atoms with Gasteiger partial charge in [-0.05, 0) is 102 Å². The molecule has 2 aromatic carbocycles. The summed E-state index contributed by atoms with van der Waals surface area (Å²) in [6, 6.07) is 15.1. The Hall–Kier alpha value is -4.37. The van der Waals surface area contributed by atoms with Crippen LogP contribution in [0, 0.1) is 20.8 Å². The van der Waals surface area contributed by atoms with E-state index in [4.69, 9.17) is 19.2 Å². The average molecular weight is 600 g/mol. The molecule has 1 atom stereocenters. The van der Waals surface area contributed by atoms with Crippen molar-refractivity contribution in [2.24, 2.45) is 4.99 Å². The average Bonchev–Trinajstić information content (AvgIpc) is 3.41. The van der Waals surface area contributed by atoms with E-state index in [1.807, 2.05) is 44.2 Å². The topological polar surface area (TPSA) is 84.1 Å². The van der Waals surface area contributed by atoms with Crippen LogP contribution < -0.4 is 24.4 Å². The highest BCUT2D eigenvalue weighted by Gasteiger charge is 2.34. The summed E-state index contributed by atoms with van der Waals surface area (Å²) in [5, 5.41) is 0. The van der Waals surface area contributed by atoms with Gasteiger partial charge >= 0.3 is 5.97 Å². The molecule has 0 unspecified atom stereocenters. The Bertz CT molecular complexity index is 1930. The van der Waals surface area contributed by atoms with Crippen LogP contribution >= 0.6 is 11.3 Å². The Morgan fingerprint density at radius 3 is 2.51 bits per heavy atom. The van der Waals surface area contributed by atoms with E-state index in [1.54, 1.807) is 25.5 Å². The molecule has 3 heterocycles. The fraction of sp³-hybridized carbons (Fsp3) is 0.324. The molecule has 0 N–H and O–H groups in total. The van der Waals surface area contributed by atoms with Crippen molar-refractivity contribution < 1.29 is 19.0 Å². The van der Waals surface area contributed by atoms with E-state index < -0.39 is 12.0 Å². The van der Waals surface area contributed by atoms with Crippen LogP contribution in [0.5, 0.6) is 11.5 Å². The van der Waals surface area contributed by atoms with Crippen molar-refractivity contribution in [3.05, 3.63) is 108 Å². The number of carbonyl (C=O) groups is 1. The van der Waals surface area contributed by atoms with Crippen LogP contribution in [-0.2, 0) is 9.53 Å². The van der Waals surface area contributed by atoms with Crippen LogP contribution in [0.3, 0.4) is 0 Å². The Labute approximate surface area is 255 Å². The number of nitrogens with zero attached hydrogens (tertiary/aromatic N) is 3. The van der Waals surface area contributed by atoms with Crippen molar-refractivity contribution in [2.45, 2.75) is 60.6 Å². The minimum atomic E-state index is -0.751. The summed E-state index contributed by atoms with van der Waals surface area (Å²) >= 11 is 1.31. The van der Waals surface area contributed by atoms with Crippen molar-refractivity contribution in [2.75, 3.05) is 13.7 Å². The number of fused-ring (bicyclic) bond motifs is 1. The SMILES string of the molecule is CCOC(=O)C1=C(C)N=c2s/c(=C\c3cc(C)n(-c4cccc(C)c4)c3C)c(=O)n2[C@H]1c1ccc(OC(C)C)c(OC)c1. The number of carbonyl (C=O) groups excluding carboxylic acids is 1. The number of hydrogen-bond acceptors (Lipinski definition) is 7. The van der Waals surface area contributed by atoms with Crippen LogP contribution in [0.2, 0.25) is 0 Å². The normalized spacial score (nSPS) is 15.0. The minimum absolute atomic E-state index is 0.0532. The summed E-state index contributed by atoms with van der Waals surface area (Å²) in [7, 11) is 1.57. The van der Waals surface area contributed by atoms with Crippen LogP contribution in [0.1, 0.15) is 61.8 Å². The molecule has 5 rings (SSSR count). The van der Waals surface area contributed by atoms with Crippen LogP contribution in [0.4, 0.5) is 0 Å². The second kappa shape index (κ2) is 12.1. The molecule has 43 heavy (non-hydrogen) atoms. The van der Waals surface area contributed by atoms with Gasteiger partial charge in [0.25, 0.3) is 5.56 Å². The fourth-order valence-corrected chi connectivity index (χ4v) is 6.59. The monoisotopic (exact) mass is 599 g/mol. The van der Waals surface area contributed by atoms with E-state index in [2.05, 4.69) is 49.6 Å². The lowest BCUT2D eigenvalue weighted by molar-refractivity contribution is -0.139. The Balaban J connectivity index is 1.69. The summed E-state index contributed by atoms with van der Waals surface area (Å²) < 4.78 is 21.3. The maximum Gasteiger partial charge on any atom is 0.338 e. The molecule has 4 aromatic rings. The van der Waals surface area contributed by atoms with Crippen LogP contribution in [0.15, 0.2) is 69.6 Å². The Morgan fingerprint density at radius 2 is 1.84 bits per heavy atom. The quantitative estimate of drug-likeness (QED) is 0.257. The standard InChI is InChI=1S/C34H37N3O5S/c1-9-41-33(39)30-22(6)35-34-37(31(30)24-13-14-27(42-19(2)3)28(17-24)40-8)32(38)29(43-34)18-25-16-21(5)36(23(25)7)26-12-10-11-20(4)15-26/h10-19,31H,9H2,1-8H3/b29-18-/t31-/m0/s1. The lowest BCUT2D eigenvalue weighted by Crippen LogP contribution is -2.40. The van der Waals surface area contributed by atoms with Gasteiger partial charge in [-0.3, -0.25) is 9.36 Å². The number of methoxy groups -OCH3 is 1. The highest BCUT2D eigenvalue weighted by atomic mass is 32.1. The van der Waals surface area contributed by atoms with Crippen molar-refractivity contribution >= 4 is 23.4 Å². The smallest absolute Gasteiger partial charge is 0.338 e. The van der Waals surface area contributed by atoms with Gasteiger partial charge in [-0.25, -0.2) is 9.79 Å². The third kappa shape index (κ3) is 5.69. The van der Waals surface area contributed by atoms with Crippen molar-refractivity contribution in [1.82, 2.24) is 9.13 Å². The molecule has 0 spiro atoms. The van der Waals surface area contributed by atoms with Gasteiger partial charge in [0.2, 0.25) is 0 Å². The zero-order valence-electron chi connectivity index (χ0n) is 25.8. The molecule has 0 saturated heterocycles. The molecular weight excluding hydrogens is 562 g/mol. The van der Waals surface area contributed by atoms with Gasteiger partial charge in [-0.15, -0.1) is 0 Å². The Kier molecular flexibility index (Phi) is 8.46. The summed E-state index contributed by atoms with van der Waals surface area (Å²) in [5.74, 6) is 0.581. The third-order valence-electron chi connectivity index (χ3n) is 7.40. The molecule has 0 fully saturated rings. The zero-order chi connectivity index (χ0) is 31.0. The first kappa shape index (κ1) is 30.1. The van der Waals surface area contributed by atoms with Gasteiger partial charge in [0.1, 0.15) is 0 Å². The molecule has 0 aliphatic carbocycles. The largest absolute Gasteiger partial charge is 0.493 e. The lowest BCUT2D eigenvalue weighted by atomic mass is 9.95. The molecule has 8 nitrogen and oxygen atoms in total. The molecule has 2 aromatic heterocycles. The predicted molar refractivity (Wildman–Crippen MR) is 169 cm³/mol. The predicted octanol–water partition coefficient (Wildman–Crippen LogP) is 5.31. The number of aryl methyl sites for hydroxylation is 2. The van der Waals surface area contributed by atoms with Gasteiger partial charge in [0.15, 0.2) is 16.3 Å². The summed E-state index contributed by atoms with van der Waals surface area (Å²) in [4.78, 5) is 32.7. The molecule has 1 aliphatic heterocycles. The highest BCUT2D eigenvalue weighted by molar-refractivity contribution is 7.07. The van der Waals surface area contributed by atoms with E-state index >= 15 is 0 Å². The minimum Gasteiger partial charge on any atom is -0.493 e. The van der Waals surface area contributed by atoms with Crippen molar-refractivity contribution in [3.8, 4) is 17.2 Å². The van der Waals surface area contributed by atoms with E-state index in [0.29, 0.717) is 37.7 Å². The number of esters is 1. The summed E-state index contributed by atoms with van der Waals surface area (Å²) in [5.41, 5.74) is 6.57. The number of benzene rings is 2. The second-order valence-corrected chi connectivity index (χ2v) is 11.9. The first-order chi connectivity index (χ1) is 20.5. The molecule has 9 heteroatoms. The van der Waals surface area contributed by atoms with Crippen LogP contribution in [-0.4, -0.2) is 34.9 Å². The maximum absolute atomic E-state index is 14.2. The number of aromatic nitrogens is 2. The fourth-order valence-electron chi connectivity index (χ4n) is 5.55. The van der Waals surface area contributed by atoms with Gasteiger partial charge in [0.05, 0.1) is 41.7 Å². The molecule has 0 radical (unpaired) electrons.